The van der Waals surface area contributed by atoms with Crippen LogP contribution in [-0.2, 0) is 0 Å². The van der Waals surface area contributed by atoms with Gasteiger partial charge in [0.05, 0.1) is 16.7 Å². The Morgan fingerprint density at radius 1 is 1.42 bits per heavy atom. The lowest BCUT2D eigenvalue weighted by atomic mass is 9.99. The molecule has 1 aromatic carbocycles. The summed E-state index contributed by atoms with van der Waals surface area (Å²) in [7, 11) is 0. The summed E-state index contributed by atoms with van der Waals surface area (Å²) in [5, 5.41) is 3.69. The topological polar surface area (TPSA) is 93.6 Å². The van der Waals surface area contributed by atoms with Crippen molar-refractivity contribution in [2.45, 2.75) is 26.4 Å². The van der Waals surface area contributed by atoms with Crippen LogP contribution in [0.3, 0.4) is 0 Å². The van der Waals surface area contributed by atoms with Gasteiger partial charge in [0.2, 0.25) is 5.75 Å². The van der Waals surface area contributed by atoms with Crippen LogP contribution in [0, 0.1) is 5.82 Å². The molecule has 0 unspecified atom stereocenters. The van der Waals surface area contributed by atoms with Crippen molar-refractivity contribution in [2.24, 2.45) is 0 Å². The van der Waals surface area contributed by atoms with Gasteiger partial charge in [0.15, 0.2) is 11.4 Å². The Labute approximate surface area is 200 Å². The minimum absolute atomic E-state index is 0.0846. The standard InChI is InChI=1S/C23H23Cl2FN4O3/c1-3-28-23(31)30-8-6-13(7-9-30)15-11-32-20-14(15)10-29-22(27)21(20)33-12(2)18-16(24)4-5-17(26)19(18)25/h4-6,10-12H,3,7-9H2,1-2H3,(H2,27,29)(H,28,31)/t12-/m1/s1. The minimum atomic E-state index is -0.719. The monoisotopic (exact) mass is 492 g/mol. The van der Waals surface area contributed by atoms with Crippen LogP contribution in [0.1, 0.15) is 37.5 Å². The van der Waals surface area contributed by atoms with Gasteiger partial charge in [-0.15, -0.1) is 0 Å². The van der Waals surface area contributed by atoms with E-state index in [0.29, 0.717) is 37.2 Å². The molecule has 174 valence electrons. The molecular formula is C23H23Cl2FN4O3. The van der Waals surface area contributed by atoms with Gasteiger partial charge in [0.1, 0.15) is 11.9 Å². The van der Waals surface area contributed by atoms with E-state index in [9.17, 15) is 9.18 Å². The lowest BCUT2D eigenvalue weighted by Crippen LogP contribution is -2.41. The Balaban J connectivity index is 1.64. The van der Waals surface area contributed by atoms with Crippen LogP contribution in [0.5, 0.6) is 5.75 Å². The third kappa shape index (κ3) is 4.45. The largest absolute Gasteiger partial charge is 0.478 e. The maximum atomic E-state index is 14.0. The maximum Gasteiger partial charge on any atom is 0.317 e. The number of anilines is 1. The fourth-order valence-corrected chi connectivity index (χ4v) is 4.53. The summed E-state index contributed by atoms with van der Waals surface area (Å²) >= 11 is 12.4. The van der Waals surface area contributed by atoms with E-state index in [2.05, 4.69) is 10.3 Å². The number of hydrogen-bond donors (Lipinski definition) is 2. The number of fused-ring (bicyclic) bond motifs is 1. The van der Waals surface area contributed by atoms with Crippen molar-refractivity contribution in [3.8, 4) is 5.75 Å². The van der Waals surface area contributed by atoms with Gasteiger partial charge in [0, 0.05) is 42.0 Å². The van der Waals surface area contributed by atoms with Crippen molar-refractivity contribution < 1.29 is 18.3 Å². The summed E-state index contributed by atoms with van der Waals surface area (Å²) in [6.07, 6.45) is 5.19. The average molecular weight is 493 g/mol. The van der Waals surface area contributed by atoms with E-state index in [0.717, 1.165) is 16.5 Å². The van der Waals surface area contributed by atoms with Crippen molar-refractivity contribution in [2.75, 3.05) is 25.4 Å². The molecule has 2 amide bonds. The highest BCUT2D eigenvalue weighted by Gasteiger charge is 2.25. The number of hydrogen-bond acceptors (Lipinski definition) is 5. The molecule has 3 aromatic rings. The SMILES string of the molecule is CCNC(=O)N1CC=C(c2coc3c(O[C@H](C)c4c(Cl)ccc(F)c4Cl)c(N)ncc23)CC1. The number of pyridine rings is 1. The Kier molecular flexibility index (Phi) is 6.67. The predicted octanol–water partition coefficient (Wildman–Crippen LogP) is 5.81. The highest BCUT2D eigenvalue weighted by molar-refractivity contribution is 6.36. The number of amides is 2. The van der Waals surface area contributed by atoms with Crippen LogP contribution in [-0.4, -0.2) is 35.5 Å². The number of aromatic nitrogens is 1. The number of halogens is 3. The van der Waals surface area contributed by atoms with Crippen molar-refractivity contribution in [3.63, 3.8) is 0 Å². The summed E-state index contributed by atoms with van der Waals surface area (Å²) in [5.41, 5.74) is 8.70. The van der Waals surface area contributed by atoms with Crippen LogP contribution in [0.2, 0.25) is 10.0 Å². The maximum absolute atomic E-state index is 14.0. The third-order valence-electron chi connectivity index (χ3n) is 5.55. The normalized spacial score (nSPS) is 14.8. The average Bonchev–Trinajstić information content (AvgIpc) is 3.23. The van der Waals surface area contributed by atoms with E-state index in [1.807, 2.05) is 13.0 Å². The Morgan fingerprint density at radius 3 is 2.91 bits per heavy atom. The molecule has 3 heterocycles. The van der Waals surface area contributed by atoms with Crippen molar-refractivity contribution in [3.05, 3.63) is 57.7 Å². The molecular weight excluding hydrogens is 470 g/mol. The van der Waals surface area contributed by atoms with Gasteiger partial charge in [-0.05, 0) is 38.0 Å². The number of nitrogens with zero attached hydrogens (tertiary/aromatic N) is 2. The predicted molar refractivity (Wildman–Crippen MR) is 127 cm³/mol. The fraction of sp³-hybridized carbons (Fsp3) is 0.304. The molecule has 7 nitrogen and oxygen atoms in total. The number of carbonyl (C=O) groups is 1. The van der Waals surface area contributed by atoms with Crippen molar-refractivity contribution in [1.82, 2.24) is 15.2 Å². The lowest BCUT2D eigenvalue weighted by Gasteiger charge is -2.26. The van der Waals surface area contributed by atoms with Gasteiger partial charge in [0.25, 0.3) is 0 Å². The quantitative estimate of drug-likeness (QED) is 0.438. The molecule has 0 fully saturated rings. The number of benzene rings is 1. The number of nitrogens with one attached hydrogen (secondary N) is 1. The molecule has 4 rings (SSSR count). The van der Waals surface area contributed by atoms with Crippen LogP contribution < -0.4 is 15.8 Å². The first-order valence-corrected chi connectivity index (χ1v) is 11.2. The molecule has 0 radical (unpaired) electrons. The summed E-state index contributed by atoms with van der Waals surface area (Å²) in [6.45, 7) is 5.24. The molecule has 1 aliphatic heterocycles. The van der Waals surface area contributed by atoms with Crippen LogP contribution in [0.25, 0.3) is 16.5 Å². The molecule has 0 aliphatic carbocycles. The summed E-state index contributed by atoms with van der Waals surface area (Å²) in [6, 6.07) is 2.53. The molecule has 3 N–H and O–H groups in total. The fourth-order valence-electron chi connectivity index (χ4n) is 3.86. The lowest BCUT2D eigenvalue weighted by molar-refractivity contribution is 0.203. The molecule has 1 atom stereocenters. The minimum Gasteiger partial charge on any atom is -0.478 e. The van der Waals surface area contributed by atoms with Crippen LogP contribution in [0.4, 0.5) is 15.0 Å². The van der Waals surface area contributed by atoms with Gasteiger partial charge >= 0.3 is 6.03 Å². The summed E-state index contributed by atoms with van der Waals surface area (Å²) in [5.74, 6) is -0.246. The number of carbonyl (C=O) groups excluding carboxylic acids is 1. The first kappa shape index (κ1) is 23.2. The van der Waals surface area contributed by atoms with Gasteiger partial charge in [-0.1, -0.05) is 29.3 Å². The number of furan rings is 1. The smallest absolute Gasteiger partial charge is 0.317 e. The second-order valence-corrected chi connectivity index (χ2v) is 8.43. The van der Waals surface area contributed by atoms with E-state index in [1.165, 1.54) is 12.1 Å². The Bertz CT molecular complexity index is 1240. The molecule has 0 spiro atoms. The van der Waals surface area contributed by atoms with Gasteiger partial charge in [-0.2, -0.15) is 0 Å². The van der Waals surface area contributed by atoms with Gasteiger partial charge in [-0.3, -0.25) is 0 Å². The van der Waals surface area contributed by atoms with Gasteiger partial charge < -0.3 is 25.1 Å². The first-order valence-electron chi connectivity index (χ1n) is 10.5. The second kappa shape index (κ2) is 9.49. The van der Waals surface area contributed by atoms with E-state index >= 15 is 0 Å². The van der Waals surface area contributed by atoms with E-state index in [-0.39, 0.29) is 27.6 Å². The molecule has 0 saturated carbocycles. The highest BCUT2D eigenvalue weighted by Crippen LogP contribution is 2.41. The van der Waals surface area contributed by atoms with Crippen LogP contribution in [0.15, 0.2) is 35.1 Å². The zero-order valence-electron chi connectivity index (χ0n) is 18.1. The first-order chi connectivity index (χ1) is 15.8. The second-order valence-electron chi connectivity index (χ2n) is 7.64. The van der Waals surface area contributed by atoms with Crippen molar-refractivity contribution >= 4 is 51.6 Å². The zero-order chi connectivity index (χ0) is 23.7. The Hall–Kier alpha value is -2.97. The third-order valence-corrected chi connectivity index (χ3v) is 6.27. The Morgan fingerprint density at radius 2 is 2.21 bits per heavy atom. The molecule has 10 heteroatoms. The van der Waals surface area contributed by atoms with E-state index in [4.69, 9.17) is 38.1 Å². The number of rotatable bonds is 5. The number of nitrogens with two attached hydrogens (primary N) is 1. The summed E-state index contributed by atoms with van der Waals surface area (Å²) in [4.78, 5) is 18.1. The van der Waals surface area contributed by atoms with Gasteiger partial charge in [-0.25, -0.2) is 14.2 Å². The molecule has 1 aliphatic rings. The molecule has 33 heavy (non-hydrogen) atoms. The van der Waals surface area contributed by atoms with Crippen LogP contribution >= 0.6 is 23.2 Å². The molecule has 0 saturated heterocycles. The number of ether oxygens (including phenoxy) is 1. The zero-order valence-corrected chi connectivity index (χ0v) is 19.6. The molecule has 2 aromatic heterocycles. The number of nitrogen functional groups attached to an aromatic ring is 1. The summed E-state index contributed by atoms with van der Waals surface area (Å²) < 4.78 is 25.9. The highest BCUT2D eigenvalue weighted by atomic mass is 35.5. The van der Waals surface area contributed by atoms with E-state index in [1.54, 1.807) is 24.3 Å². The van der Waals surface area contributed by atoms with E-state index < -0.39 is 11.9 Å². The molecule has 0 bridgehead atoms. The number of urea groups is 1. The van der Waals surface area contributed by atoms with Crippen molar-refractivity contribution in [1.29, 1.82) is 0 Å².